The molecule has 1 heterocycles. The molecule has 1 aliphatic carbocycles. The van der Waals surface area contributed by atoms with Crippen molar-refractivity contribution in [2.45, 2.75) is 52.1 Å². The normalized spacial score (nSPS) is 18.9. The summed E-state index contributed by atoms with van der Waals surface area (Å²) in [6, 6.07) is 6.32. The van der Waals surface area contributed by atoms with Gasteiger partial charge in [-0.05, 0) is 38.7 Å². The van der Waals surface area contributed by atoms with Crippen LogP contribution >= 0.6 is 0 Å². The molecule has 0 saturated heterocycles. The second-order valence-corrected chi connectivity index (χ2v) is 5.91. The minimum atomic E-state index is -0.445. The fraction of sp³-hybridized carbons (Fsp3) is 0.529. The van der Waals surface area contributed by atoms with E-state index in [1.807, 2.05) is 6.92 Å². The lowest BCUT2D eigenvalue weighted by Gasteiger charge is -2.25. The van der Waals surface area contributed by atoms with Crippen molar-refractivity contribution in [3.05, 3.63) is 35.3 Å². The molecule has 0 radical (unpaired) electrons. The van der Waals surface area contributed by atoms with Crippen molar-refractivity contribution in [3.63, 3.8) is 0 Å². The Hall–Kier alpha value is -1.28. The number of hydrogen-bond donors (Lipinski definition) is 1. The summed E-state index contributed by atoms with van der Waals surface area (Å²) in [5.41, 5.74) is 1.23. The van der Waals surface area contributed by atoms with E-state index < -0.39 is 6.10 Å². The van der Waals surface area contributed by atoms with Crippen LogP contribution in [0.25, 0.3) is 10.8 Å². The molecule has 1 atom stereocenters. The summed E-state index contributed by atoms with van der Waals surface area (Å²) in [6.07, 6.45) is 5.57. The third kappa shape index (κ3) is 2.30. The van der Waals surface area contributed by atoms with Crippen LogP contribution in [-0.2, 0) is 0 Å². The van der Waals surface area contributed by atoms with Crippen LogP contribution in [0.4, 0.5) is 0 Å². The molecular formula is C17H22O2. The van der Waals surface area contributed by atoms with E-state index in [1.165, 1.54) is 24.8 Å². The standard InChI is InChI=1S/C17H22O2/c1-11-8-9-14-15(10-11)12(2)19-17(14)16(18)13-6-4-3-5-7-13/h8-10,13,16,18H,3-7H2,1-2H3. The highest BCUT2D eigenvalue weighted by molar-refractivity contribution is 5.87. The minimum Gasteiger partial charge on any atom is -0.462 e. The molecule has 19 heavy (non-hydrogen) atoms. The van der Waals surface area contributed by atoms with Gasteiger partial charge in [0.1, 0.15) is 17.6 Å². The van der Waals surface area contributed by atoms with E-state index in [0.29, 0.717) is 5.92 Å². The molecule has 0 aliphatic heterocycles. The largest absolute Gasteiger partial charge is 0.462 e. The second-order valence-electron chi connectivity index (χ2n) is 5.91. The maximum atomic E-state index is 10.6. The molecule has 1 unspecified atom stereocenters. The first-order valence-electron chi connectivity index (χ1n) is 7.34. The molecule has 1 N–H and O–H groups in total. The lowest BCUT2D eigenvalue weighted by atomic mass is 9.84. The van der Waals surface area contributed by atoms with Gasteiger partial charge in [0.05, 0.1) is 0 Å². The van der Waals surface area contributed by atoms with Gasteiger partial charge < -0.3 is 9.52 Å². The first kappa shape index (κ1) is 12.7. The maximum Gasteiger partial charge on any atom is 0.140 e. The van der Waals surface area contributed by atoms with E-state index in [9.17, 15) is 5.11 Å². The number of aryl methyl sites for hydroxylation is 2. The summed E-state index contributed by atoms with van der Waals surface area (Å²) < 4.78 is 5.89. The Kier molecular flexibility index (Phi) is 3.36. The zero-order valence-electron chi connectivity index (χ0n) is 11.8. The number of furan rings is 1. The summed E-state index contributed by atoms with van der Waals surface area (Å²) in [6.45, 7) is 4.07. The molecule has 1 aliphatic rings. The average molecular weight is 258 g/mol. The molecule has 1 aromatic heterocycles. The third-order valence-electron chi connectivity index (χ3n) is 4.45. The van der Waals surface area contributed by atoms with Crippen molar-refractivity contribution < 1.29 is 9.52 Å². The molecule has 0 amide bonds. The third-order valence-corrected chi connectivity index (χ3v) is 4.45. The van der Waals surface area contributed by atoms with Crippen molar-refractivity contribution in [2.75, 3.05) is 0 Å². The van der Waals surface area contributed by atoms with E-state index in [2.05, 4.69) is 25.1 Å². The highest BCUT2D eigenvalue weighted by atomic mass is 16.4. The zero-order valence-corrected chi connectivity index (χ0v) is 11.8. The van der Waals surface area contributed by atoms with E-state index in [1.54, 1.807) is 0 Å². The molecule has 2 aromatic rings. The fourth-order valence-corrected chi connectivity index (χ4v) is 3.32. The molecule has 1 aromatic carbocycles. The van der Waals surface area contributed by atoms with Crippen molar-refractivity contribution >= 4 is 10.8 Å². The summed E-state index contributed by atoms with van der Waals surface area (Å²) in [4.78, 5) is 0. The number of rotatable bonds is 2. The molecule has 102 valence electrons. The molecular weight excluding hydrogens is 236 g/mol. The summed E-state index contributed by atoms with van der Waals surface area (Å²) in [5.74, 6) is 2.06. The Balaban J connectivity index is 2.00. The van der Waals surface area contributed by atoms with Gasteiger partial charge in [0.2, 0.25) is 0 Å². The number of aliphatic hydroxyl groups excluding tert-OH is 1. The van der Waals surface area contributed by atoms with E-state index in [0.717, 1.165) is 35.1 Å². The summed E-state index contributed by atoms with van der Waals surface area (Å²) in [7, 11) is 0. The van der Waals surface area contributed by atoms with Gasteiger partial charge in [-0.1, -0.05) is 37.0 Å². The predicted molar refractivity (Wildman–Crippen MR) is 77.2 cm³/mol. The van der Waals surface area contributed by atoms with Crippen LogP contribution in [0.5, 0.6) is 0 Å². The first-order valence-corrected chi connectivity index (χ1v) is 7.34. The van der Waals surface area contributed by atoms with Gasteiger partial charge in [-0.3, -0.25) is 0 Å². The highest BCUT2D eigenvalue weighted by Crippen LogP contribution is 2.39. The predicted octanol–water partition coefficient (Wildman–Crippen LogP) is 4.66. The average Bonchev–Trinajstić information content (AvgIpc) is 2.76. The lowest BCUT2D eigenvalue weighted by Crippen LogP contribution is -2.15. The van der Waals surface area contributed by atoms with Crippen LogP contribution in [0.15, 0.2) is 22.6 Å². The van der Waals surface area contributed by atoms with E-state index in [4.69, 9.17) is 4.42 Å². The first-order chi connectivity index (χ1) is 9.16. The Morgan fingerprint density at radius 3 is 2.58 bits per heavy atom. The van der Waals surface area contributed by atoms with Gasteiger partial charge in [-0.15, -0.1) is 0 Å². The van der Waals surface area contributed by atoms with Gasteiger partial charge in [0.15, 0.2) is 0 Å². The summed E-state index contributed by atoms with van der Waals surface area (Å²) >= 11 is 0. The van der Waals surface area contributed by atoms with Gasteiger partial charge in [0, 0.05) is 10.8 Å². The van der Waals surface area contributed by atoms with Crippen molar-refractivity contribution in [2.24, 2.45) is 5.92 Å². The van der Waals surface area contributed by atoms with Crippen molar-refractivity contribution in [1.82, 2.24) is 0 Å². The van der Waals surface area contributed by atoms with Crippen molar-refractivity contribution in [1.29, 1.82) is 0 Å². The smallest absolute Gasteiger partial charge is 0.140 e. The molecule has 0 spiro atoms. The van der Waals surface area contributed by atoms with Gasteiger partial charge in [-0.2, -0.15) is 0 Å². The monoisotopic (exact) mass is 258 g/mol. The molecule has 2 nitrogen and oxygen atoms in total. The molecule has 0 bridgehead atoms. The van der Waals surface area contributed by atoms with E-state index in [-0.39, 0.29) is 0 Å². The maximum absolute atomic E-state index is 10.6. The lowest BCUT2D eigenvalue weighted by molar-refractivity contribution is 0.0661. The van der Waals surface area contributed by atoms with Crippen LogP contribution in [0, 0.1) is 19.8 Å². The molecule has 2 heteroatoms. The van der Waals surface area contributed by atoms with Gasteiger partial charge in [0.25, 0.3) is 0 Å². The van der Waals surface area contributed by atoms with Gasteiger partial charge in [-0.25, -0.2) is 0 Å². The highest BCUT2D eigenvalue weighted by Gasteiger charge is 2.27. The number of aliphatic hydroxyl groups is 1. The summed E-state index contributed by atoms with van der Waals surface area (Å²) in [5, 5.41) is 12.9. The second kappa shape index (κ2) is 5.01. The van der Waals surface area contributed by atoms with Crippen molar-refractivity contribution in [3.8, 4) is 0 Å². The molecule has 3 rings (SSSR count). The Morgan fingerprint density at radius 1 is 1.11 bits per heavy atom. The van der Waals surface area contributed by atoms with Crippen LogP contribution in [-0.4, -0.2) is 5.11 Å². The SMILES string of the molecule is Cc1ccc2c(C(O)C3CCCCC3)oc(C)c2c1. The van der Waals surface area contributed by atoms with Gasteiger partial charge >= 0.3 is 0 Å². The Labute approximate surface area is 114 Å². The quantitative estimate of drug-likeness (QED) is 0.849. The minimum absolute atomic E-state index is 0.365. The zero-order chi connectivity index (χ0) is 13.4. The van der Waals surface area contributed by atoms with E-state index >= 15 is 0 Å². The Morgan fingerprint density at radius 2 is 1.84 bits per heavy atom. The number of benzene rings is 1. The number of hydrogen-bond acceptors (Lipinski definition) is 2. The fourth-order valence-electron chi connectivity index (χ4n) is 3.32. The number of fused-ring (bicyclic) bond motifs is 1. The van der Waals surface area contributed by atoms with Crippen LogP contribution in [0.3, 0.4) is 0 Å². The molecule has 1 fully saturated rings. The van der Waals surface area contributed by atoms with Crippen LogP contribution < -0.4 is 0 Å². The molecule has 1 saturated carbocycles. The topological polar surface area (TPSA) is 33.4 Å². The van der Waals surface area contributed by atoms with Crippen LogP contribution in [0.1, 0.15) is 55.3 Å². The Bertz CT molecular complexity index is 576. The van der Waals surface area contributed by atoms with Crippen LogP contribution in [0.2, 0.25) is 0 Å².